The third-order valence-corrected chi connectivity index (χ3v) is 5.07. The standard InChI is InChI=1S/C23H28N2O4/c1-17(2)18-8-4-6-10-20(18)29-21-11-7-5-9-19(21)23(27)25-14-12-24(13-15-25)22(26)16-28-3/h4-11,17H,12-16H2,1-3H3. The van der Waals surface area contributed by atoms with Crippen LogP contribution in [0.4, 0.5) is 0 Å². The molecule has 6 heteroatoms. The van der Waals surface area contributed by atoms with Gasteiger partial charge in [0.2, 0.25) is 5.91 Å². The van der Waals surface area contributed by atoms with Crippen LogP contribution in [0.3, 0.4) is 0 Å². The van der Waals surface area contributed by atoms with Crippen LogP contribution in [-0.4, -0.2) is 61.5 Å². The molecule has 0 atom stereocenters. The quantitative estimate of drug-likeness (QED) is 0.750. The molecule has 0 aromatic heterocycles. The summed E-state index contributed by atoms with van der Waals surface area (Å²) in [4.78, 5) is 28.6. The van der Waals surface area contributed by atoms with Gasteiger partial charge >= 0.3 is 0 Å². The number of para-hydroxylation sites is 2. The van der Waals surface area contributed by atoms with Gasteiger partial charge in [0.25, 0.3) is 5.91 Å². The number of benzene rings is 2. The number of hydrogen-bond donors (Lipinski definition) is 0. The molecule has 1 aliphatic rings. The average molecular weight is 396 g/mol. The summed E-state index contributed by atoms with van der Waals surface area (Å²) < 4.78 is 11.1. The molecule has 3 rings (SSSR count). The molecule has 0 N–H and O–H groups in total. The zero-order valence-electron chi connectivity index (χ0n) is 17.3. The van der Waals surface area contributed by atoms with E-state index in [2.05, 4.69) is 13.8 Å². The molecule has 2 amide bonds. The Kier molecular flexibility index (Phi) is 6.88. The number of hydrogen-bond acceptors (Lipinski definition) is 4. The first kappa shape index (κ1) is 20.9. The Hall–Kier alpha value is -2.86. The highest BCUT2D eigenvalue weighted by Crippen LogP contribution is 2.32. The van der Waals surface area contributed by atoms with Gasteiger partial charge in [-0.25, -0.2) is 0 Å². The van der Waals surface area contributed by atoms with E-state index in [0.29, 0.717) is 43.4 Å². The highest BCUT2D eigenvalue weighted by molar-refractivity contribution is 5.97. The molecule has 1 aliphatic heterocycles. The maximum Gasteiger partial charge on any atom is 0.257 e. The van der Waals surface area contributed by atoms with Crippen molar-refractivity contribution in [2.75, 3.05) is 39.9 Å². The van der Waals surface area contributed by atoms with Crippen molar-refractivity contribution >= 4 is 11.8 Å². The van der Waals surface area contributed by atoms with Crippen LogP contribution in [0.25, 0.3) is 0 Å². The van der Waals surface area contributed by atoms with E-state index in [4.69, 9.17) is 9.47 Å². The van der Waals surface area contributed by atoms with Gasteiger partial charge in [0.1, 0.15) is 18.1 Å². The van der Waals surface area contributed by atoms with Crippen molar-refractivity contribution < 1.29 is 19.1 Å². The van der Waals surface area contributed by atoms with E-state index in [1.54, 1.807) is 15.9 Å². The van der Waals surface area contributed by atoms with Gasteiger partial charge < -0.3 is 19.3 Å². The fourth-order valence-electron chi connectivity index (χ4n) is 3.45. The van der Waals surface area contributed by atoms with Gasteiger partial charge in [0.15, 0.2) is 0 Å². The molecule has 1 fully saturated rings. The van der Waals surface area contributed by atoms with E-state index in [-0.39, 0.29) is 18.4 Å². The summed E-state index contributed by atoms with van der Waals surface area (Å²) in [6, 6.07) is 15.2. The van der Waals surface area contributed by atoms with Gasteiger partial charge in [0.05, 0.1) is 5.56 Å². The highest BCUT2D eigenvalue weighted by Gasteiger charge is 2.26. The zero-order valence-corrected chi connectivity index (χ0v) is 17.3. The van der Waals surface area contributed by atoms with Crippen LogP contribution >= 0.6 is 0 Å². The topological polar surface area (TPSA) is 59.1 Å². The third kappa shape index (κ3) is 4.95. The van der Waals surface area contributed by atoms with Gasteiger partial charge in [-0.05, 0) is 29.7 Å². The van der Waals surface area contributed by atoms with E-state index >= 15 is 0 Å². The molecule has 1 heterocycles. The van der Waals surface area contributed by atoms with Crippen LogP contribution < -0.4 is 4.74 Å². The van der Waals surface area contributed by atoms with Crippen molar-refractivity contribution in [1.82, 2.24) is 9.80 Å². The summed E-state index contributed by atoms with van der Waals surface area (Å²) in [5, 5.41) is 0. The Morgan fingerprint density at radius 1 is 0.897 bits per heavy atom. The maximum atomic E-state index is 13.1. The minimum absolute atomic E-state index is 0.0476. The predicted molar refractivity (Wildman–Crippen MR) is 111 cm³/mol. The fourth-order valence-corrected chi connectivity index (χ4v) is 3.45. The van der Waals surface area contributed by atoms with Crippen LogP contribution in [0.15, 0.2) is 48.5 Å². The maximum absolute atomic E-state index is 13.1. The van der Waals surface area contributed by atoms with Gasteiger partial charge in [0, 0.05) is 33.3 Å². The minimum Gasteiger partial charge on any atom is -0.456 e. The van der Waals surface area contributed by atoms with Crippen molar-refractivity contribution in [3.05, 3.63) is 59.7 Å². The number of carbonyl (C=O) groups is 2. The molecule has 0 radical (unpaired) electrons. The minimum atomic E-state index is -0.0820. The molecule has 1 saturated heterocycles. The Balaban J connectivity index is 1.74. The smallest absolute Gasteiger partial charge is 0.257 e. The third-order valence-electron chi connectivity index (χ3n) is 5.07. The first-order valence-corrected chi connectivity index (χ1v) is 9.93. The van der Waals surface area contributed by atoms with Crippen molar-refractivity contribution in [3.63, 3.8) is 0 Å². The van der Waals surface area contributed by atoms with E-state index in [1.165, 1.54) is 7.11 Å². The number of methoxy groups -OCH3 is 1. The van der Waals surface area contributed by atoms with Crippen molar-refractivity contribution in [2.24, 2.45) is 0 Å². The molecule has 2 aromatic rings. The van der Waals surface area contributed by atoms with Gasteiger partial charge in [-0.1, -0.05) is 44.2 Å². The molecule has 0 aliphatic carbocycles. The average Bonchev–Trinajstić information content (AvgIpc) is 2.74. The SMILES string of the molecule is COCC(=O)N1CCN(C(=O)c2ccccc2Oc2ccccc2C(C)C)CC1. The fraction of sp³-hybridized carbons (Fsp3) is 0.391. The molecule has 0 bridgehead atoms. The van der Waals surface area contributed by atoms with Gasteiger partial charge in [-0.2, -0.15) is 0 Å². The van der Waals surface area contributed by atoms with E-state index in [0.717, 1.165) is 11.3 Å². The Morgan fingerprint density at radius 2 is 1.48 bits per heavy atom. The van der Waals surface area contributed by atoms with Crippen LogP contribution in [0.1, 0.15) is 35.7 Å². The lowest BCUT2D eigenvalue weighted by Gasteiger charge is -2.35. The second-order valence-corrected chi connectivity index (χ2v) is 7.40. The van der Waals surface area contributed by atoms with Crippen LogP contribution in [0.5, 0.6) is 11.5 Å². The largest absolute Gasteiger partial charge is 0.456 e. The lowest BCUT2D eigenvalue weighted by atomic mass is 10.0. The van der Waals surface area contributed by atoms with E-state index in [1.807, 2.05) is 42.5 Å². The lowest BCUT2D eigenvalue weighted by molar-refractivity contribution is -0.136. The molecule has 29 heavy (non-hydrogen) atoms. The number of piperazine rings is 1. The lowest BCUT2D eigenvalue weighted by Crippen LogP contribution is -2.51. The molecular weight excluding hydrogens is 368 g/mol. The normalized spacial score (nSPS) is 14.2. The highest BCUT2D eigenvalue weighted by atomic mass is 16.5. The van der Waals surface area contributed by atoms with Crippen LogP contribution in [0, 0.1) is 0 Å². The second-order valence-electron chi connectivity index (χ2n) is 7.40. The molecule has 6 nitrogen and oxygen atoms in total. The summed E-state index contributed by atoms with van der Waals surface area (Å²) in [5.41, 5.74) is 1.63. The Labute approximate surface area is 172 Å². The van der Waals surface area contributed by atoms with Gasteiger partial charge in [-0.3, -0.25) is 9.59 Å². The van der Waals surface area contributed by atoms with Crippen molar-refractivity contribution in [2.45, 2.75) is 19.8 Å². The van der Waals surface area contributed by atoms with E-state index in [9.17, 15) is 9.59 Å². The molecule has 0 unspecified atom stereocenters. The number of carbonyl (C=O) groups excluding carboxylic acids is 2. The van der Waals surface area contributed by atoms with Crippen LogP contribution in [-0.2, 0) is 9.53 Å². The zero-order chi connectivity index (χ0) is 20.8. The summed E-state index contributed by atoms with van der Waals surface area (Å²) in [6.45, 7) is 6.30. The monoisotopic (exact) mass is 396 g/mol. The van der Waals surface area contributed by atoms with Gasteiger partial charge in [-0.15, -0.1) is 0 Å². The molecule has 0 spiro atoms. The molecule has 154 valence electrons. The number of amides is 2. The number of ether oxygens (including phenoxy) is 2. The summed E-state index contributed by atoms with van der Waals surface area (Å²) in [6.07, 6.45) is 0. The summed E-state index contributed by atoms with van der Waals surface area (Å²) >= 11 is 0. The first-order chi connectivity index (χ1) is 14.0. The molecule has 2 aromatic carbocycles. The summed E-state index contributed by atoms with van der Waals surface area (Å²) in [5.74, 6) is 1.49. The second kappa shape index (κ2) is 9.56. The summed E-state index contributed by atoms with van der Waals surface area (Å²) in [7, 11) is 1.51. The van der Waals surface area contributed by atoms with Crippen LogP contribution in [0.2, 0.25) is 0 Å². The van der Waals surface area contributed by atoms with Crippen molar-refractivity contribution in [1.29, 1.82) is 0 Å². The Morgan fingerprint density at radius 3 is 2.14 bits per heavy atom. The molecular formula is C23H28N2O4. The number of rotatable bonds is 6. The Bertz CT molecular complexity index is 857. The first-order valence-electron chi connectivity index (χ1n) is 9.93. The molecule has 0 saturated carbocycles. The van der Waals surface area contributed by atoms with E-state index < -0.39 is 0 Å². The number of nitrogens with zero attached hydrogens (tertiary/aromatic N) is 2. The predicted octanol–water partition coefficient (Wildman–Crippen LogP) is 3.53. The van der Waals surface area contributed by atoms with Crippen molar-refractivity contribution in [3.8, 4) is 11.5 Å².